The van der Waals surface area contributed by atoms with Gasteiger partial charge in [-0.15, -0.1) is 0 Å². The summed E-state index contributed by atoms with van der Waals surface area (Å²) in [6.07, 6.45) is 0. The molecule has 0 aliphatic rings. The molecular weight excluding hydrogens is 282 g/mol. The summed E-state index contributed by atoms with van der Waals surface area (Å²) in [5.74, 6) is 0.502. The second-order valence-corrected chi connectivity index (χ2v) is 6.57. The van der Waals surface area contributed by atoms with Gasteiger partial charge in [0.15, 0.2) is 5.78 Å². The lowest BCUT2D eigenvalue weighted by atomic mass is 9.91. The van der Waals surface area contributed by atoms with Crippen LogP contribution in [0.2, 0.25) is 0 Å². The van der Waals surface area contributed by atoms with Crippen molar-refractivity contribution in [3.05, 3.63) is 0 Å². The van der Waals surface area contributed by atoms with Crippen LogP contribution in [0.1, 0.15) is 41.5 Å². The van der Waals surface area contributed by atoms with E-state index in [0.29, 0.717) is 11.9 Å². The van der Waals surface area contributed by atoms with Crippen LogP contribution in [0.15, 0.2) is 0 Å². The van der Waals surface area contributed by atoms with Crippen LogP contribution < -0.4 is 5.32 Å². The zero-order valence-corrected chi connectivity index (χ0v) is 13.7. The van der Waals surface area contributed by atoms with Gasteiger partial charge in [0.2, 0.25) is 0 Å². The molecule has 0 bridgehead atoms. The van der Waals surface area contributed by atoms with Crippen molar-refractivity contribution >= 4 is 27.5 Å². The molecule has 0 heterocycles. The van der Waals surface area contributed by atoms with Gasteiger partial charge in [0.05, 0.1) is 11.9 Å². The van der Waals surface area contributed by atoms with E-state index in [-0.39, 0.29) is 22.4 Å². The Bertz CT molecular complexity index is 249. The number of nitrogens with one attached hydrogen (secondary N) is 1. The smallest absolute Gasteiger partial charge is 0.151 e. The molecule has 0 aliphatic carbocycles. The van der Waals surface area contributed by atoms with Gasteiger partial charge in [0.25, 0.3) is 0 Å². The van der Waals surface area contributed by atoms with Gasteiger partial charge in [-0.3, -0.25) is 9.59 Å². The lowest BCUT2D eigenvalue weighted by molar-refractivity contribution is -0.125. The number of rotatable bonds is 3. The molecule has 17 heavy (non-hydrogen) atoms. The Hall–Kier alpha value is -0.220. The lowest BCUT2D eigenvalue weighted by Crippen LogP contribution is -2.29. The highest BCUT2D eigenvalue weighted by Crippen LogP contribution is 2.15. The molecule has 0 aromatic carbocycles. The number of alkyl halides is 1. The molecule has 0 fully saturated rings. The van der Waals surface area contributed by atoms with Crippen LogP contribution in [0.5, 0.6) is 0 Å². The number of likely N-dealkylation sites (N-methyl/N-ethyl adjacent to an activating group) is 1. The molecule has 102 valence electrons. The van der Waals surface area contributed by atoms with Crippen LogP contribution >= 0.6 is 15.9 Å². The van der Waals surface area contributed by atoms with Gasteiger partial charge in [0.1, 0.15) is 5.78 Å². The van der Waals surface area contributed by atoms with Crippen molar-refractivity contribution in [2.24, 2.45) is 10.8 Å². The molecule has 0 saturated carbocycles. The summed E-state index contributed by atoms with van der Waals surface area (Å²) in [7, 11) is 1.78. The van der Waals surface area contributed by atoms with Crippen molar-refractivity contribution in [2.75, 3.05) is 18.9 Å². The maximum Gasteiger partial charge on any atom is 0.151 e. The maximum absolute atomic E-state index is 11.0. The SMILES string of the molecule is CC(C)(C)C(=O)CBr.CNCC(=O)C(C)(C)C. The second-order valence-electron chi connectivity index (χ2n) is 6.01. The summed E-state index contributed by atoms with van der Waals surface area (Å²) in [6, 6.07) is 0. The molecule has 1 N–H and O–H groups in total. The Morgan fingerprint density at radius 1 is 0.941 bits per heavy atom. The molecule has 3 nitrogen and oxygen atoms in total. The highest BCUT2D eigenvalue weighted by Gasteiger charge is 2.19. The number of halogens is 1. The minimum Gasteiger partial charge on any atom is -0.313 e. The predicted molar refractivity (Wildman–Crippen MR) is 76.6 cm³/mol. The van der Waals surface area contributed by atoms with Crippen LogP contribution in [0.4, 0.5) is 0 Å². The number of carbonyl (C=O) groups is 2. The molecule has 0 spiro atoms. The maximum atomic E-state index is 11.0. The summed E-state index contributed by atoms with van der Waals surface area (Å²) in [4.78, 5) is 21.8. The van der Waals surface area contributed by atoms with Crippen molar-refractivity contribution in [1.82, 2.24) is 5.32 Å². The van der Waals surface area contributed by atoms with E-state index in [1.54, 1.807) is 7.05 Å². The van der Waals surface area contributed by atoms with Gasteiger partial charge in [-0.2, -0.15) is 0 Å². The Labute approximate surface area is 114 Å². The second kappa shape index (κ2) is 7.98. The Balaban J connectivity index is 0. The van der Waals surface area contributed by atoms with Crippen molar-refractivity contribution in [2.45, 2.75) is 41.5 Å². The van der Waals surface area contributed by atoms with Crippen LogP contribution in [0, 0.1) is 10.8 Å². The number of Topliss-reactive ketones (excluding diaryl/α,β-unsaturated/α-hetero) is 2. The number of carbonyl (C=O) groups excluding carboxylic acids is 2. The Morgan fingerprint density at radius 2 is 1.29 bits per heavy atom. The van der Waals surface area contributed by atoms with Gasteiger partial charge < -0.3 is 5.32 Å². The van der Waals surface area contributed by atoms with Crippen LogP contribution in [0.3, 0.4) is 0 Å². The van der Waals surface area contributed by atoms with E-state index >= 15 is 0 Å². The third-order valence-corrected chi connectivity index (χ3v) is 2.64. The van der Waals surface area contributed by atoms with Gasteiger partial charge >= 0.3 is 0 Å². The van der Waals surface area contributed by atoms with E-state index in [9.17, 15) is 9.59 Å². The van der Waals surface area contributed by atoms with E-state index in [0.717, 1.165) is 0 Å². The fourth-order valence-electron chi connectivity index (χ4n) is 0.626. The highest BCUT2D eigenvalue weighted by molar-refractivity contribution is 9.09. The Morgan fingerprint density at radius 3 is 1.35 bits per heavy atom. The van der Waals surface area contributed by atoms with Gasteiger partial charge in [-0.25, -0.2) is 0 Å². The average Bonchev–Trinajstić information content (AvgIpc) is 2.15. The summed E-state index contributed by atoms with van der Waals surface area (Å²) >= 11 is 3.10. The topological polar surface area (TPSA) is 46.2 Å². The van der Waals surface area contributed by atoms with E-state index in [4.69, 9.17) is 0 Å². The number of hydrogen-bond donors (Lipinski definition) is 1. The molecular formula is C13H26BrNO2. The molecule has 0 amide bonds. The summed E-state index contributed by atoms with van der Waals surface area (Å²) < 4.78 is 0. The minimum atomic E-state index is -0.191. The third-order valence-electron chi connectivity index (χ3n) is 2.13. The first-order chi connectivity index (χ1) is 7.46. The summed E-state index contributed by atoms with van der Waals surface area (Å²) in [6.45, 7) is 12.0. The van der Waals surface area contributed by atoms with Crippen LogP contribution in [0.25, 0.3) is 0 Å². The fraction of sp³-hybridized carbons (Fsp3) is 0.846. The van der Waals surface area contributed by atoms with Crippen LogP contribution in [-0.2, 0) is 9.59 Å². The van der Waals surface area contributed by atoms with Crippen LogP contribution in [-0.4, -0.2) is 30.5 Å². The quantitative estimate of drug-likeness (QED) is 0.816. The van der Waals surface area contributed by atoms with Crippen molar-refractivity contribution in [1.29, 1.82) is 0 Å². The van der Waals surface area contributed by atoms with Crippen molar-refractivity contribution < 1.29 is 9.59 Å². The van der Waals surface area contributed by atoms with E-state index in [2.05, 4.69) is 21.2 Å². The molecule has 0 aliphatic heterocycles. The summed E-state index contributed by atoms with van der Waals surface area (Å²) in [5, 5.41) is 3.29. The average molecular weight is 308 g/mol. The zero-order chi connectivity index (χ0) is 14.3. The first kappa shape index (κ1) is 19.1. The number of hydrogen-bond acceptors (Lipinski definition) is 3. The molecule has 0 saturated heterocycles. The van der Waals surface area contributed by atoms with E-state index < -0.39 is 0 Å². The normalized spacial score (nSPS) is 11.5. The van der Waals surface area contributed by atoms with Gasteiger partial charge in [-0.1, -0.05) is 57.5 Å². The number of ketones is 2. The first-order valence-electron chi connectivity index (χ1n) is 5.74. The zero-order valence-electron chi connectivity index (χ0n) is 12.1. The van der Waals surface area contributed by atoms with Crippen molar-refractivity contribution in [3.8, 4) is 0 Å². The fourth-order valence-corrected chi connectivity index (χ4v) is 1.47. The highest BCUT2D eigenvalue weighted by atomic mass is 79.9. The molecule has 0 aromatic heterocycles. The van der Waals surface area contributed by atoms with Gasteiger partial charge in [-0.05, 0) is 7.05 Å². The molecule has 0 rings (SSSR count). The monoisotopic (exact) mass is 307 g/mol. The molecule has 0 radical (unpaired) electrons. The van der Waals surface area contributed by atoms with E-state index in [1.165, 1.54) is 0 Å². The minimum absolute atomic E-state index is 0.177. The van der Waals surface area contributed by atoms with Gasteiger partial charge in [0, 0.05) is 10.8 Å². The molecule has 4 heteroatoms. The van der Waals surface area contributed by atoms with E-state index in [1.807, 2.05) is 41.5 Å². The first-order valence-corrected chi connectivity index (χ1v) is 6.86. The molecule has 0 atom stereocenters. The standard InChI is InChI=1S/C7H15NO.C6H11BrO/c1-7(2,3)6(9)5-8-4;1-6(2,3)5(8)4-7/h8H,5H2,1-4H3;4H2,1-3H3. The predicted octanol–water partition coefficient (Wildman–Crippen LogP) is 2.82. The lowest BCUT2D eigenvalue weighted by Gasteiger charge is -2.15. The molecule has 0 aromatic rings. The molecule has 0 unspecified atom stereocenters. The van der Waals surface area contributed by atoms with Crippen molar-refractivity contribution in [3.63, 3.8) is 0 Å². The Kier molecular flexibility index (Phi) is 8.98. The summed E-state index contributed by atoms with van der Waals surface area (Å²) in [5.41, 5.74) is -0.369. The largest absolute Gasteiger partial charge is 0.313 e. The third kappa shape index (κ3) is 10.6.